The predicted octanol–water partition coefficient (Wildman–Crippen LogP) is 9.05. The Morgan fingerprint density at radius 1 is 0.574 bits per heavy atom. The van der Waals surface area contributed by atoms with Gasteiger partial charge in [0.1, 0.15) is 13.2 Å². The number of esters is 2. The summed E-state index contributed by atoms with van der Waals surface area (Å²) in [6.07, 6.45) is 40.8. The number of likely N-dealkylation sites (N-methyl/N-ethyl adjacent to an activating group) is 1. The van der Waals surface area contributed by atoms with Gasteiger partial charge < -0.3 is 33.3 Å². The first-order valence-electron chi connectivity index (χ1n) is 20.6. The lowest BCUT2D eigenvalue weighted by Gasteiger charge is -2.26. The van der Waals surface area contributed by atoms with Gasteiger partial charge in [-0.25, -0.2) is 0 Å². The number of carbonyl (C=O) groups excluding carboxylic acids is 3. The number of unbranched alkanes of at least 4 members (excludes halogenated alkanes) is 9. The van der Waals surface area contributed by atoms with Crippen LogP contribution >= 0.6 is 0 Å². The standard InChI is InChI=1S/C45H75NO8/c1-6-8-10-12-14-16-18-20-22-24-26-28-30-32-34-36-43(48)54-41(40-53-45(44(49)50)51-38-37-46(3,4)5)39-52-42(47)35-33-31-29-27-25-23-21-19-17-15-13-11-9-7-2/h8,10,13-16,19-22,26,28,41,45H,6-7,9,11-12,17-18,23-25,27,29-40H2,1-5H3/b10-8-,15-13-,16-14-,21-19-,22-20-,28-26-. The van der Waals surface area contributed by atoms with E-state index in [9.17, 15) is 19.5 Å². The normalized spacial score (nSPS) is 13.7. The lowest BCUT2D eigenvalue weighted by atomic mass is 10.1. The van der Waals surface area contributed by atoms with E-state index in [4.69, 9.17) is 18.9 Å². The number of nitrogens with zero attached hydrogens (tertiary/aromatic N) is 1. The number of aliphatic carboxylic acids is 1. The molecule has 0 saturated heterocycles. The van der Waals surface area contributed by atoms with Crippen LogP contribution in [0.4, 0.5) is 0 Å². The molecule has 0 N–H and O–H groups in total. The highest BCUT2D eigenvalue weighted by Crippen LogP contribution is 2.11. The third-order valence-corrected chi connectivity index (χ3v) is 8.19. The maximum absolute atomic E-state index is 12.7. The van der Waals surface area contributed by atoms with Crippen LogP contribution in [0.2, 0.25) is 0 Å². The van der Waals surface area contributed by atoms with Crippen LogP contribution in [0.5, 0.6) is 0 Å². The van der Waals surface area contributed by atoms with Crippen molar-refractivity contribution in [3.8, 4) is 0 Å². The number of rotatable bonds is 36. The van der Waals surface area contributed by atoms with Crippen molar-refractivity contribution in [1.29, 1.82) is 0 Å². The van der Waals surface area contributed by atoms with E-state index < -0.39 is 24.3 Å². The number of carbonyl (C=O) groups is 3. The van der Waals surface area contributed by atoms with Crippen molar-refractivity contribution in [1.82, 2.24) is 0 Å². The Balaban J connectivity index is 4.62. The van der Waals surface area contributed by atoms with E-state index >= 15 is 0 Å². The molecule has 0 heterocycles. The monoisotopic (exact) mass is 758 g/mol. The molecule has 308 valence electrons. The van der Waals surface area contributed by atoms with Crippen molar-refractivity contribution in [3.05, 3.63) is 72.9 Å². The molecular weight excluding hydrogens is 682 g/mol. The van der Waals surface area contributed by atoms with E-state index in [1.165, 1.54) is 12.8 Å². The highest BCUT2D eigenvalue weighted by Gasteiger charge is 2.21. The minimum atomic E-state index is -1.64. The summed E-state index contributed by atoms with van der Waals surface area (Å²) in [5, 5.41) is 11.7. The van der Waals surface area contributed by atoms with E-state index in [1.54, 1.807) is 0 Å². The van der Waals surface area contributed by atoms with Gasteiger partial charge in [0.15, 0.2) is 12.4 Å². The number of hydrogen-bond donors (Lipinski definition) is 0. The van der Waals surface area contributed by atoms with Gasteiger partial charge >= 0.3 is 11.9 Å². The van der Waals surface area contributed by atoms with Gasteiger partial charge in [-0.3, -0.25) is 9.59 Å². The number of carboxylic acids is 1. The fraction of sp³-hybridized carbons (Fsp3) is 0.667. The minimum Gasteiger partial charge on any atom is -0.545 e. The van der Waals surface area contributed by atoms with Gasteiger partial charge in [-0.05, 0) is 77.0 Å². The SMILES string of the molecule is CC/C=C\C/C=C\C/C=C\C/C=C\CCCCC(=O)OC(COC(=O)CCCCCCC/C=C\C/C=C\CCCC)COC(OCC[N+](C)(C)C)C(=O)[O-]. The highest BCUT2D eigenvalue weighted by atomic mass is 16.7. The van der Waals surface area contributed by atoms with Crippen molar-refractivity contribution in [2.45, 2.75) is 148 Å². The summed E-state index contributed by atoms with van der Waals surface area (Å²) in [5.74, 6) is -2.38. The van der Waals surface area contributed by atoms with Crippen LogP contribution in [0.1, 0.15) is 136 Å². The second kappa shape index (κ2) is 36.7. The molecule has 0 amide bonds. The van der Waals surface area contributed by atoms with Crippen molar-refractivity contribution in [3.63, 3.8) is 0 Å². The van der Waals surface area contributed by atoms with Crippen molar-refractivity contribution in [2.75, 3.05) is 47.5 Å². The van der Waals surface area contributed by atoms with E-state index in [-0.39, 0.29) is 38.6 Å². The van der Waals surface area contributed by atoms with Gasteiger partial charge in [0.25, 0.3) is 0 Å². The number of allylic oxidation sites excluding steroid dienone is 12. The molecule has 0 aliphatic heterocycles. The first kappa shape index (κ1) is 50.7. The largest absolute Gasteiger partial charge is 0.545 e. The van der Waals surface area contributed by atoms with Crippen LogP contribution in [0.25, 0.3) is 0 Å². The maximum atomic E-state index is 12.7. The first-order chi connectivity index (χ1) is 26.1. The Kier molecular flexibility index (Phi) is 34.5. The second-order valence-electron chi connectivity index (χ2n) is 14.5. The summed E-state index contributed by atoms with van der Waals surface area (Å²) in [5.41, 5.74) is 0. The zero-order valence-electron chi connectivity index (χ0n) is 34.6. The maximum Gasteiger partial charge on any atom is 0.306 e. The zero-order valence-corrected chi connectivity index (χ0v) is 34.6. The number of carboxylic acid groups (broad SMARTS) is 1. The summed E-state index contributed by atoms with van der Waals surface area (Å²) >= 11 is 0. The summed E-state index contributed by atoms with van der Waals surface area (Å²) in [7, 11) is 5.87. The zero-order chi connectivity index (χ0) is 40.0. The molecular formula is C45H75NO8. The Labute approximate surface area is 328 Å². The van der Waals surface area contributed by atoms with Gasteiger partial charge in [0.2, 0.25) is 0 Å². The van der Waals surface area contributed by atoms with Gasteiger partial charge in [-0.2, -0.15) is 0 Å². The van der Waals surface area contributed by atoms with Crippen LogP contribution in [-0.4, -0.2) is 82.3 Å². The molecule has 2 unspecified atom stereocenters. The van der Waals surface area contributed by atoms with Crippen LogP contribution in [-0.2, 0) is 33.3 Å². The Bertz CT molecular complexity index is 1120. The van der Waals surface area contributed by atoms with Crippen molar-refractivity contribution in [2.24, 2.45) is 0 Å². The molecule has 0 spiro atoms. The highest BCUT2D eigenvalue weighted by molar-refractivity contribution is 5.70. The molecule has 0 aromatic carbocycles. The number of hydrogen-bond acceptors (Lipinski definition) is 8. The Hall–Kier alpha value is -3.27. The third-order valence-electron chi connectivity index (χ3n) is 8.19. The molecule has 0 saturated carbocycles. The molecule has 54 heavy (non-hydrogen) atoms. The third kappa shape index (κ3) is 37.1. The fourth-order valence-corrected chi connectivity index (χ4v) is 4.95. The first-order valence-corrected chi connectivity index (χ1v) is 20.6. The second-order valence-corrected chi connectivity index (χ2v) is 14.5. The molecule has 9 heteroatoms. The van der Waals surface area contributed by atoms with Crippen LogP contribution in [0.3, 0.4) is 0 Å². The molecule has 0 aromatic heterocycles. The molecule has 0 aliphatic rings. The van der Waals surface area contributed by atoms with Gasteiger partial charge in [0, 0.05) is 12.8 Å². The van der Waals surface area contributed by atoms with Crippen molar-refractivity contribution < 1.29 is 42.9 Å². The van der Waals surface area contributed by atoms with Gasteiger partial charge in [0.05, 0.1) is 40.3 Å². The fourth-order valence-electron chi connectivity index (χ4n) is 4.95. The topological polar surface area (TPSA) is 111 Å². The van der Waals surface area contributed by atoms with Crippen LogP contribution < -0.4 is 5.11 Å². The summed E-state index contributed by atoms with van der Waals surface area (Å²) < 4.78 is 22.4. The summed E-state index contributed by atoms with van der Waals surface area (Å²) in [6.45, 7) is 4.48. The minimum absolute atomic E-state index is 0.133. The number of ether oxygens (including phenoxy) is 4. The van der Waals surface area contributed by atoms with Crippen LogP contribution in [0, 0.1) is 0 Å². The molecule has 2 atom stereocenters. The average Bonchev–Trinajstić information content (AvgIpc) is 3.12. The Morgan fingerprint density at radius 2 is 1.06 bits per heavy atom. The van der Waals surface area contributed by atoms with E-state index in [0.717, 1.165) is 83.5 Å². The quantitative estimate of drug-likeness (QED) is 0.0205. The smallest absolute Gasteiger partial charge is 0.306 e. The molecule has 0 aromatic rings. The molecule has 0 radical (unpaired) electrons. The lowest BCUT2D eigenvalue weighted by Crippen LogP contribution is -2.44. The number of quaternary nitrogens is 1. The molecule has 9 nitrogen and oxygen atoms in total. The van der Waals surface area contributed by atoms with Gasteiger partial charge in [-0.15, -0.1) is 0 Å². The van der Waals surface area contributed by atoms with E-state index in [2.05, 4.69) is 86.8 Å². The summed E-state index contributed by atoms with van der Waals surface area (Å²) in [4.78, 5) is 36.8. The average molecular weight is 758 g/mol. The Morgan fingerprint density at radius 3 is 1.61 bits per heavy atom. The van der Waals surface area contributed by atoms with Crippen LogP contribution in [0.15, 0.2) is 72.9 Å². The lowest BCUT2D eigenvalue weighted by molar-refractivity contribution is -0.870. The summed E-state index contributed by atoms with van der Waals surface area (Å²) in [6, 6.07) is 0. The molecule has 0 bridgehead atoms. The molecule has 0 rings (SSSR count). The van der Waals surface area contributed by atoms with E-state index in [1.807, 2.05) is 21.1 Å². The molecule has 0 aliphatic carbocycles. The predicted molar refractivity (Wildman–Crippen MR) is 218 cm³/mol. The van der Waals surface area contributed by atoms with Gasteiger partial charge in [-0.1, -0.05) is 119 Å². The molecule has 0 fully saturated rings. The van der Waals surface area contributed by atoms with Crippen molar-refractivity contribution >= 4 is 17.9 Å². The van der Waals surface area contributed by atoms with E-state index in [0.29, 0.717) is 23.9 Å².